The van der Waals surface area contributed by atoms with Crippen LogP contribution >= 0.6 is 0 Å². The highest BCUT2D eigenvalue weighted by Gasteiger charge is 2.55. The first-order chi connectivity index (χ1) is 18.8. The van der Waals surface area contributed by atoms with E-state index in [0.29, 0.717) is 22.8 Å². The fourth-order valence-electron chi connectivity index (χ4n) is 5.75. The third-order valence-electron chi connectivity index (χ3n) is 8.88. The lowest BCUT2D eigenvalue weighted by atomic mass is 9.72. The summed E-state index contributed by atoms with van der Waals surface area (Å²) >= 11 is 0. The van der Waals surface area contributed by atoms with Gasteiger partial charge >= 0.3 is 20.2 Å². The highest BCUT2D eigenvalue weighted by molar-refractivity contribution is 6.62. The summed E-state index contributed by atoms with van der Waals surface area (Å²) in [5, 5.41) is 0. The first-order valence-corrected chi connectivity index (χ1v) is 13.5. The van der Waals surface area contributed by atoms with Crippen molar-refractivity contribution in [3.8, 4) is 11.5 Å². The Morgan fingerprint density at radius 1 is 0.700 bits per heavy atom. The number of esters is 1. The molecule has 4 heterocycles. The van der Waals surface area contributed by atoms with Crippen molar-refractivity contribution in [1.29, 1.82) is 0 Å². The van der Waals surface area contributed by atoms with Gasteiger partial charge in [-0.15, -0.1) is 0 Å². The fourth-order valence-corrected chi connectivity index (χ4v) is 5.75. The number of rotatable bonds is 2. The molecular formula is C31H30B2O7. The van der Waals surface area contributed by atoms with Crippen LogP contribution in [0.25, 0.3) is 0 Å². The van der Waals surface area contributed by atoms with Crippen LogP contribution in [0.2, 0.25) is 0 Å². The van der Waals surface area contributed by atoms with E-state index in [1.165, 1.54) is 0 Å². The second kappa shape index (κ2) is 8.03. The van der Waals surface area contributed by atoms with E-state index in [4.69, 9.17) is 28.1 Å². The molecule has 7 rings (SSSR count). The summed E-state index contributed by atoms with van der Waals surface area (Å²) < 4.78 is 37.6. The van der Waals surface area contributed by atoms with E-state index < -0.39 is 36.6 Å². The maximum absolute atomic E-state index is 13.2. The summed E-state index contributed by atoms with van der Waals surface area (Å²) in [5.74, 6) is 1.28. The van der Waals surface area contributed by atoms with Crippen molar-refractivity contribution in [3.05, 3.63) is 95.3 Å². The zero-order valence-corrected chi connectivity index (χ0v) is 23.5. The van der Waals surface area contributed by atoms with Gasteiger partial charge in [0.25, 0.3) is 0 Å². The maximum Gasteiger partial charge on any atom is 0.563 e. The number of fused-ring (bicyclic) bond motifs is 6. The van der Waals surface area contributed by atoms with Gasteiger partial charge in [-0.3, -0.25) is 0 Å². The molecule has 0 aromatic heterocycles. The molecule has 0 radical (unpaired) electrons. The first kappa shape index (κ1) is 25.4. The average molecular weight is 536 g/mol. The Morgan fingerprint density at radius 2 is 1.27 bits per heavy atom. The second-order valence-corrected chi connectivity index (χ2v) is 12.3. The van der Waals surface area contributed by atoms with Gasteiger partial charge in [-0.1, -0.05) is 49.0 Å². The molecule has 0 saturated carbocycles. The smallest absolute Gasteiger partial charge is 0.534 e. The van der Waals surface area contributed by atoms with Gasteiger partial charge in [0.15, 0.2) is 5.60 Å². The van der Waals surface area contributed by atoms with Crippen LogP contribution in [-0.2, 0) is 29.0 Å². The zero-order chi connectivity index (χ0) is 28.2. The summed E-state index contributed by atoms with van der Waals surface area (Å²) in [6, 6.07) is 19.0. The number of carbonyl (C=O) groups is 1. The second-order valence-electron chi connectivity index (χ2n) is 12.3. The van der Waals surface area contributed by atoms with E-state index in [9.17, 15) is 4.79 Å². The van der Waals surface area contributed by atoms with Crippen LogP contribution in [0, 0.1) is 0 Å². The lowest BCUT2D eigenvalue weighted by Crippen LogP contribution is -2.41. The molecule has 40 heavy (non-hydrogen) atoms. The Hall–Kier alpha value is -3.52. The van der Waals surface area contributed by atoms with Gasteiger partial charge in [-0.2, -0.15) is 0 Å². The molecule has 0 N–H and O–H groups in total. The number of carbonyl (C=O) groups excluding carboxylic acids is 1. The molecule has 2 saturated heterocycles. The third kappa shape index (κ3) is 3.41. The molecule has 202 valence electrons. The number of hydrogen-bond acceptors (Lipinski definition) is 7. The van der Waals surface area contributed by atoms with E-state index in [-0.39, 0.29) is 5.97 Å². The van der Waals surface area contributed by atoms with Gasteiger partial charge in [-0.05, 0) is 65.2 Å². The molecule has 0 aliphatic carbocycles. The molecule has 0 amide bonds. The van der Waals surface area contributed by atoms with Gasteiger partial charge in [0.05, 0.1) is 22.5 Å². The number of benzene rings is 3. The van der Waals surface area contributed by atoms with Crippen molar-refractivity contribution < 1.29 is 32.9 Å². The maximum atomic E-state index is 13.2. The third-order valence-corrected chi connectivity index (χ3v) is 8.88. The summed E-state index contributed by atoms with van der Waals surface area (Å²) in [6.45, 7) is 15.9. The summed E-state index contributed by atoms with van der Waals surface area (Å²) in [6.07, 6.45) is 0. The zero-order valence-electron chi connectivity index (χ0n) is 23.5. The van der Waals surface area contributed by atoms with E-state index in [2.05, 4.69) is 6.58 Å². The topological polar surface area (TPSA) is 72.5 Å². The molecule has 4 aliphatic heterocycles. The van der Waals surface area contributed by atoms with Crippen molar-refractivity contribution >= 4 is 31.1 Å². The highest BCUT2D eigenvalue weighted by atomic mass is 16.7. The van der Waals surface area contributed by atoms with E-state index in [1.807, 2.05) is 96.1 Å². The normalized spacial score (nSPS) is 24.8. The average Bonchev–Trinajstić information content (AvgIpc) is 3.44. The molecule has 3 aromatic rings. The molecular weight excluding hydrogens is 506 g/mol. The van der Waals surface area contributed by atoms with Gasteiger partial charge in [0.2, 0.25) is 0 Å². The number of hydrogen-bond donors (Lipinski definition) is 0. The minimum absolute atomic E-state index is 0.381. The fraction of sp³-hybridized carbons (Fsp3) is 0.323. The van der Waals surface area contributed by atoms with Crippen LogP contribution in [0.1, 0.15) is 68.6 Å². The SMILES string of the molecule is C=C1OB(c2ccc3c(c2)Oc2cc(B4OC(C)(C)C(C)(C)O4)ccc2C32OC(=O)c3ccccc32)OC1(C)C. The Kier molecular flexibility index (Phi) is 5.11. The van der Waals surface area contributed by atoms with Crippen LogP contribution in [-0.4, -0.2) is 37.0 Å². The Balaban J connectivity index is 1.38. The minimum Gasteiger partial charge on any atom is -0.534 e. The van der Waals surface area contributed by atoms with Crippen molar-refractivity contribution in [2.24, 2.45) is 0 Å². The van der Waals surface area contributed by atoms with Crippen LogP contribution in [0.3, 0.4) is 0 Å². The van der Waals surface area contributed by atoms with Crippen LogP contribution < -0.4 is 15.7 Å². The monoisotopic (exact) mass is 536 g/mol. The Bertz CT molecular complexity index is 1590. The van der Waals surface area contributed by atoms with Crippen LogP contribution in [0.15, 0.2) is 73.0 Å². The van der Waals surface area contributed by atoms with Crippen molar-refractivity contribution in [2.45, 2.75) is 63.9 Å². The lowest BCUT2D eigenvalue weighted by molar-refractivity contribution is 0.00578. The molecule has 2 fully saturated rings. The van der Waals surface area contributed by atoms with Crippen molar-refractivity contribution in [3.63, 3.8) is 0 Å². The van der Waals surface area contributed by atoms with Crippen molar-refractivity contribution in [2.75, 3.05) is 0 Å². The molecule has 0 bridgehead atoms. The summed E-state index contributed by atoms with van der Waals surface area (Å²) in [5.41, 5.74) is 1.55. The molecule has 7 nitrogen and oxygen atoms in total. The van der Waals surface area contributed by atoms with Gasteiger partial charge in [0.1, 0.15) is 17.1 Å². The molecule has 1 unspecified atom stereocenters. The molecule has 3 aromatic carbocycles. The van der Waals surface area contributed by atoms with Crippen LogP contribution in [0.5, 0.6) is 11.5 Å². The summed E-state index contributed by atoms with van der Waals surface area (Å²) in [4.78, 5) is 13.2. The minimum atomic E-state index is -1.18. The Morgan fingerprint density at radius 3 is 1.85 bits per heavy atom. The predicted molar refractivity (Wildman–Crippen MR) is 151 cm³/mol. The largest absolute Gasteiger partial charge is 0.563 e. The van der Waals surface area contributed by atoms with Gasteiger partial charge in [0, 0.05) is 22.2 Å². The van der Waals surface area contributed by atoms with E-state index >= 15 is 0 Å². The van der Waals surface area contributed by atoms with E-state index in [0.717, 1.165) is 27.6 Å². The molecule has 9 heteroatoms. The quantitative estimate of drug-likeness (QED) is 0.351. The van der Waals surface area contributed by atoms with Gasteiger partial charge < -0.3 is 28.1 Å². The molecule has 1 spiro atoms. The first-order valence-electron chi connectivity index (χ1n) is 13.5. The van der Waals surface area contributed by atoms with Crippen LogP contribution in [0.4, 0.5) is 0 Å². The van der Waals surface area contributed by atoms with E-state index in [1.54, 1.807) is 6.07 Å². The standard InChI is InChI=1S/C31H30B2O7/c1-18-28(2,3)38-32(37-18)19-12-14-23-25(16-19)35-26-17-20(33-39-29(4,5)30(6,7)40-33)13-15-24(26)31(23)22-11-9-8-10-21(22)27(34)36-31/h8-17H,1H2,2-7H3. The highest BCUT2D eigenvalue weighted by Crippen LogP contribution is 2.55. The van der Waals surface area contributed by atoms with Gasteiger partial charge in [-0.25, -0.2) is 4.79 Å². The predicted octanol–water partition coefficient (Wildman–Crippen LogP) is 4.59. The molecule has 4 aliphatic rings. The number of ether oxygens (including phenoxy) is 2. The molecule has 1 atom stereocenters. The Labute approximate surface area is 234 Å². The lowest BCUT2D eigenvalue weighted by Gasteiger charge is -2.37. The van der Waals surface area contributed by atoms with Crippen molar-refractivity contribution in [1.82, 2.24) is 0 Å². The summed E-state index contributed by atoms with van der Waals surface area (Å²) in [7, 11) is -1.21.